The standard InChI is InChI=1S/C18H25N7O3.C2HF3O2/c1-4-5-9-24-14-15(21-17(24)23-10-6-19-7-11-23)22(3)18(28)25(16(14)27)12-8-20-13(2)26;3-2(4,5)1(6)7/h19H,6-12H2,1-3H3,(H,20,26);(H,6,7). The number of aliphatic carboxylic acids is 1. The number of alkyl halides is 3. The van der Waals surface area contributed by atoms with Crippen LogP contribution in [0.1, 0.15) is 13.8 Å². The number of carboxylic acids is 1. The van der Waals surface area contributed by atoms with Crippen molar-refractivity contribution in [3.63, 3.8) is 0 Å². The van der Waals surface area contributed by atoms with Crippen LogP contribution in [0.3, 0.4) is 0 Å². The van der Waals surface area contributed by atoms with Gasteiger partial charge in [-0.1, -0.05) is 5.92 Å². The Kier molecular flexibility index (Phi) is 9.06. The maximum atomic E-state index is 13.2. The number of aryl methyl sites for hydroxylation is 1. The number of nitrogens with one attached hydrogen (secondary N) is 2. The van der Waals surface area contributed by atoms with Gasteiger partial charge in [0.05, 0.1) is 6.54 Å². The number of anilines is 1. The van der Waals surface area contributed by atoms with Gasteiger partial charge in [-0.25, -0.2) is 9.59 Å². The van der Waals surface area contributed by atoms with Crippen molar-refractivity contribution in [3.8, 4) is 11.8 Å². The smallest absolute Gasteiger partial charge is 0.475 e. The second-order valence-corrected chi connectivity index (χ2v) is 7.42. The number of imidazole rings is 1. The molecule has 1 amide bonds. The lowest BCUT2D eigenvalue weighted by molar-refractivity contribution is -0.192. The van der Waals surface area contributed by atoms with Crippen molar-refractivity contribution in [2.45, 2.75) is 33.1 Å². The zero-order valence-corrected chi connectivity index (χ0v) is 19.4. The van der Waals surface area contributed by atoms with Crippen LogP contribution < -0.4 is 26.8 Å². The fraction of sp³-hybridized carbons (Fsp3) is 0.550. The van der Waals surface area contributed by atoms with E-state index in [0.717, 1.165) is 30.7 Å². The molecular weight excluding hydrogens is 475 g/mol. The highest BCUT2D eigenvalue weighted by Crippen LogP contribution is 2.20. The van der Waals surface area contributed by atoms with Crippen molar-refractivity contribution in [2.24, 2.45) is 7.05 Å². The number of carboxylic acid groups (broad SMARTS) is 1. The minimum Gasteiger partial charge on any atom is -0.475 e. The van der Waals surface area contributed by atoms with Crippen molar-refractivity contribution < 1.29 is 27.9 Å². The summed E-state index contributed by atoms with van der Waals surface area (Å²) >= 11 is 0. The Hall–Kier alpha value is -3.80. The number of fused-ring (bicyclic) bond motifs is 1. The van der Waals surface area contributed by atoms with Gasteiger partial charge in [0.2, 0.25) is 11.9 Å². The van der Waals surface area contributed by atoms with Gasteiger partial charge in [0, 0.05) is 53.2 Å². The van der Waals surface area contributed by atoms with Crippen LogP contribution in [0.15, 0.2) is 9.59 Å². The molecule has 1 fully saturated rings. The largest absolute Gasteiger partial charge is 0.490 e. The molecule has 3 heterocycles. The summed E-state index contributed by atoms with van der Waals surface area (Å²) in [5.74, 6) is 3.53. The van der Waals surface area contributed by atoms with Crippen LogP contribution in [0.4, 0.5) is 19.1 Å². The van der Waals surface area contributed by atoms with Crippen molar-refractivity contribution >= 4 is 29.0 Å². The van der Waals surface area contributed by atoms with Crippen LogP contribution >= 0.6 is 0 Å². The zero-order valence-electron chi connectivity index (χ0n) is 19.4. The Labute approximate surface area is 197 Å². The summed E-state index contributed by atoms with van der Waals surface area (Å²) in [6, 6.07) is 0. The summed E-state index contributed by atoms with van der Waals surface area (Å²) in [5.41, 5.74) is -0.186. The summed E-state index contributed by atoms with van der Waals surface area (Å²) in [5, 5.41) is 13.0. The lowest BCUT2D eigenvalue weighted by Gasteiger charge is -2.28. The SMILES string of the molecule is CC#CCn1c(N2CCNCC2)nc2c1c(=O)n(CCNC(C)=O)c(=O)n2C.O=C(O)C(F)(F)F. The molecule has 0 aromatic carbocycles. The van der Waals surface area contributed by atoms with Gasteiger partial charge in [-0.3, -0.25) is 23.3 Å². The predicted molar refractivity (Wildman–Crippen MR) is 120 cm³/mol. The third-order valence-corrected chi connectivity index (χ3v) is 4.98. The predicted octanol–water partition coefficient (Wildman–Crippen LogP) is -0.901. The molecule has 3 N–H and O–H groups in total. The Balaban J connectivity index is 0.000000540. The molecule has 35 heavy (non-hydrogen) atoms. The van der Waals surface area contributed by atoms with E-state index < -0.39 is 23.4 Å². The molecule has 0 unspecified atom stereocenters. The lowest BCUT2D eigenvalue weighted by atomic mass is 10.4. The van der Waals surface area contributed by atoms with Crippen molar-refractivity contribution in [1.29, 1.82) is 0 Å². The van der Waals surface area contributed by atoms with E-state index in [4.69, 9.17) is 9.90 Å². The van der Waals surface area contributed by atoms with Crippen LogP contribution in [0.5, 0.6) is 0 Å². The van der Waals surface area contributed by atoms with Gasteiger partial charge in [-0.05, 0) is 6.92 Å². The van der Waals surface area contributed by atoms with Gasteiger partial charge >= 0.3 is 17.8 Å². The first-order valence-electron chi connectivity index (χ1n) is 10.5. The molecular formula is C20H26F3N7O5. The maximum Gasteiger partial charge on any atom is 0.490 e. The molecule has 2 aromatic heterocycles. The number of rotatable bonds is 5. The Bertz CT molecular complexity index is 1260. The Morgan fingerprint density at radius 2 is 1.80 bits per heavy atom. The molecule has 1 saturated heterocycles. The summed E-state index contributed by atoms with van der Waals surface area (Å²) in [7, 11) is 1.60. The topological polar surface area (TPSA) is 143 Å². The fourth-order valence-corrected chi connectivity index (χ4v) is 3.32. The highest BCUT2D eigenvalue weighted by molar-refractivity contribution is 5.75. The molecule has 192 valence electrons. The number of carbonyl (C=O) groups is 2. The maximum absolute atomic E-state index is 13.2. The monoisotopic (exact) mass is 501 g/mol. The van der Waals surface area contributed by atoms with Crippen LogP contribution in [0.2, 0.25) is 0 Å². The summed E-state index contributed by atoms with van der Waals surface area (Å²) in [6.07, 6.45) is -5.08. The quantitative estimate of drug-likeness (QED) is 0.448. The molecule has 0 bridgehead atoms. The van der Waals surface area contributed by atoms with E-state index in [-0.39, 0.29) is 19.0 Å². The van der Waals surface area contributed by atoms with Crippen molar-refractivity contribution in [1.82, 2.24) is 29.3 Å². The number of piperazine rings is 1. The molecule has 3 rings (SSSR count). The molecule has 0 saturated carbocycles. The number of amides is 1. The third-order valence-electron chi connectivity index (χ3n) is 4.98. The second-order valence-electron chi connectivity index (χ2n) is 7.42. The summed E-state index contributed by atoms with van der Waals surface area (Å²) in [4.78, 5) is 52.6. The first-order valence-corrected chi connectivity index (χ1v) is 10.5. The number of hydrogen-bond donors (Lipinski definition) is 3. The highest BCUT2D eigenvalue weighted by Gasteiger charge is 2.38. The van der Waals surface area contributed by atoms with Crippen LogP contribution in [-0.4, -0.2) is 74.6 Å². The second kappa shape index (κ2) is 11.6. The number of carbonyl (C=O) groups excluding carboxylic acids is 1. The van der Waals surface area contributed by atoms with Crippen molar-refractivity contribution in [2.75, 3.05) is 37.6 Å². The van der Waals surface area contributed by atoms with E-state index in [9.17, 15) is 27.6 Å². The normalized spacial score (nSPS) is 13.5. The molecule has 0 radical (unpaired) electrons. The van der Waals surface area contributed by atoms with Crippen molar-refractivity contribution in [3.05, 3.63) is 20.8 Å². The minimum atomic E-state index is -5.08. The van der Waals surface area contributed by atoms with Gasteiger partial charge in [-0.2, -0.15) is 18.2 Å². The molecule has 0 aliphatic carbocycles. The molecule has 1 aliphatic heterocycles. The summed E-state index contributed by atoms with van der Waals surface area (Å²) < 4.78 is 36.0. The molecule has 2 aromatic rings. The highest BCUT2D eigenvalue weighted by atomic mass is 19.4. The van der Waals surface area contributed by atoms with E-state index >= 15 is 0 Å². The molecule has 15 heteroatoms. The molecule has 0 atom stereocenters. The van der Waals surface area contributed by atoms with Gasteiger partial charge in [0.15, 0.2) is 11.2 Å². The van der Waals surface area contributed by atoms with Gasteiger partial charge in [-0.15, -0.1) is 5.92 Å². The van der Waals surface area contributed by atoms with E-state index in [1.807, 2.05) is 0 Å². The van der Waals surface area contributed by atoms with E-state index in [0.29, 0.717) is 23.7 Å². The first-order chi connectivity index (χ1) is 16.4. The molecule has 0 spiro atoms. The first kappa shape index (κ1) is 27.4. The fourth-order valence-electron chi connectivity index (χ4n) is 3.32. The van der Waals surface area contributed by atoms with E-state index in [1.165, 1.54) is 11.5 Å². The van der Waals surface area contributed by atoms with Crippen LogP contribution in [0, 0.1) is 11.8 Å². The van der Waals surface area contributed by atoms with E-state index in [1.54, 1.807) is 18.5 Å². The van der Waals surface area contributed by atoms with E-state index in [2.05, 4.69) is 32.4 Å². The van der Waals surface area contributed by atoms with Crippen LogP contribution in [-0.2, 0) is 29.7 Å². The number of hydrogen-bond acceptors (Lipinski definition) is 7. The molecule has 1 aliphatic rings. The van der Waals surface area contributed by atoms with Gasteiger partial charge in [0.25, 0.3) is 5.56 Å². The number of aromatic nitrogens is 4. The minimum absolute atomic E-state index is 0.0919. The Morgan fingerprint density at radius 3 is 2.31 bits per heavy atom. The van der Waals surface area contributed by atoms with Gasteiger partial charge in [0.1, 0.15) is 0 Å². The van der Waals surface area contributed by atoms with Gasteiger partial charge < -0.3 is 20.6 Å². The average molecular weight is 501 g/mol. The lowest BCUT2D eigenvalue weighted by Crippen LogP contribution is -2.44. The Morgan fingerprint density at radius 1 is 1.20 bits per heavy atom. The average Bonchev–Trinajstić information content (AvgIpc) is 3.18. The number of halogens is 3. The number of nitrogens with zero attached hydrogens (tertiary/aromatic N) is 5. The molecule has 12 nitrogen and oxygen atoms in total. The third kappa shape index (κ3) is 6.63. The van der Waals surface area contributed by atoms with Crippen LogP contribution in [0.25, 0.3) is 11.2 Å². The zero-order chi connectivity index (χ0) is 26.3. The summed E-state index contributed by atoms with van der Waals surface area (Å²) in [6.45, 7) is 6.89.